The summed E-state index contributed by atoms with van der Waals surface area (Å²) in [5, 5.41) is 3.85. The number of fused-ring (bicyclic) bond motifs is 1. The van der Waals surface area contributed by atoms with Crippen molar-refractivity contribution in [2.24, 2.45) is 0 Å². The zero-order valence-corrected chi connectivity index (χ0v) is 12.5. The number of benzene rings is 2. The molecule has 0 bridgehead atoms. The van der Waals surface area contributed by atoms with Crippen molar-refractivity contribution >= 4 is 29.3 Å². The van der Waals surface area contributed by atoms with Gasteiger partial charge in [0.2, 0.25) is 0 Å². The molecule has 22 heavy (non-hydrogen) atoms. The summed E-state index contributed by atoms with van der Waals surface area (Å²) in [6.45, 7) is -0.913. The van der Waals surface area contributed by atoms with Crippen molar-refractivity contribution in [2.45, 2.75) is 12.0 Å². The minimum Gasteiger partial charge on any atom is -0.497 e. The number of cyclic esters (lactones) is 1. The van der Waals surface area contributed by atoms with Crippen LogP contribution in [0.3, 0.4) is 0 Å². The van der Waals surface area contributed by atoms with Gasteiger partial charge in [0.25, 0.3) is 0 Å². The zero-order valence-electron chi connectivity index (χ0n) is 11.6. The number of nitrogens with one attached hydrogen (secondary N) is 1. The van der Waals surface area contributed by atoms with E-state index in [9.17, 15) is 13.6 Å². The Morgan fingerprint density at radius 2 is 1.91 bits per heavy atom. The molecular formula is C15H14ClF2NO3. The smallest absolute Gasteiger partial charge is 0.408 e. The maximum Gasteiger partial charge on any atom is 0.408 e. The Bertz CT molecular complexity index is 708. The van der Waals surface area contributed by atoms with Crippen LogP contribution >= 0.6 is 12.4 Å². The van der Waals surface area contributed by atoms with Crippen LogP contribution in [0.1, 0.15) is 11.6 Å². The number of halogens is 3. The Morgan fingerprint density at radius 1 is 1.23 bits per heavy atom. The van der Waals surface area contributed by atoms with Gasteiger partial charge in [0.05, 0.1) is 7.11 Å². The standard InChI is InChI=1S/C15H13F2NO3.ClH/c1-20-12-5-4-9-6-11(3-2-10(9)7-12)13-15(16,17)8-21-14(19)18-13;/h2-7,13H,8H2,1H3,(H,18,19);1H/t13-;/m1./s1. The molecule has 1 atom stereocenters. The highest BCUT2D eigenvalue weighted by Gasteiger charge is 2.46. The summed E-state index contributed by atoms with van der Waals surface area (Å²) in [4.78, 5) is 11.2. The Labute approximate surface area is 131 Å². The maximum atomic E-state index is 13.9. The van der Waals surface area contributed by atoms with Crippen LogP contribution in [0.2, 0.25) is 0 Å². The van der Waals surface area contributed by atoms with Crippen molar-refractivity contribution in [2.75, 3.05) is 13.7 Å². The van der Waals surface area contributed by atoms with Gasteiger partial charge in [0.1, 0.15) is 11.8 Å². The van der Waals surface area contributed by atoms with E-state index in [1.54, 1.807) is 37.4 Å². The lowest BCUT2D eigenvalue weighted by atomic mass is 9.97. The van der Waals surface area contributed by atoms with Crippen molar-refractivity contribution in [3.8, 4) is 5.75 Å². The molecule has 0 unspecified atom stereocenters. The molecule has 118 valence electrons. The predicted molar refractivity (Wildman–Crippen MR) is 79.9 cm³/mol. The minimum atomic E-state index is -3.14. The van der Waals surface area contributed by atoms with Crippen molar-refractivity contribution in [1.29, 1.82) is 0 Å². The normalized spacial score (nSPS) is 19.8. The number of alkyl halides is 2. The van der Waals surface area contributed by atoms with Gasteiger partial charge < -0.3 is 14.8 Å². The molecule has 2 aromatic carbocycles. The van der Waals surface area contributed by atoms with Crippen molar-refractivity contribution in [1.82, 2.24) is 5.32 Å². The highest BCUT2D eigenvalue weighted by atomic mass is 35.5. The molecule has 0 aromatic heterocycles. The van der Waals surface area contributed by atoms with Gasteiger partial charge in [-0.05, 0) is 34.5 Å². The molecule has 1 fully saturated rings. The van der Waals surface area contributed by atoms with Gasteiger partial charge in [0, 0.05) is 0 Å². The van der Waals surface area contributed by atoms with E-state index in [0.29, 0.717) is 11.3 Å². The molecule has 0 radical (unpaired) electrons. The Morgan fingerprint density at radius 3 is 2.64 bits per heavy atom. The number of rotatable bonds is 2. The van der Waals surface area contributed by atoms with Gasteiger partial charge >= 0.3 is 12.0 Å². The topological polar surface area (TPSA) is 47.6 Å². The summed E-state index contributed by atoms with van der Waals surface area (Å²) in [5.41, 5.74) is 0.342. The SMILES string of the molecule is COc1ccc2cc([C@H]3NC(=O)OCC3(F)F)ccc2c1.Cl. The molecule has 2 aromatic rings. The number of hydrogen-bond acceptors (Lipinski definition) is 3. The van der Waals surface area contributed by atoms with Gasteiger partial charge in [-0.15, -0.1) is 12.4 Å². The van der Waals surface area contributed by atoms with Gasteiger partial charge in [-0.3, -0.25) is 0 Å². The fourth-order valence-corrected chi connectivity index (χ4v) is 2.39. The number of amides is 1. The first-order chi connectivity index (χ1) is 9.99. The van der Waals surface area contributed by atoms with Crippen LogP contribution in [-0.4, -0.2) is 25.7 Å². The third-order valence-electron chi connectivity index (χ3n) is 3.49. The van der Waals surface area contributed by atoms with Gasteiger partial charge in [-0.2, -0.15) is 0 Å². The second kappa shape index (κ2) is 5.96. The quantitative estimate of drug-likeness (QED) is 0.914. The number of hydrogen-bond donors (Lipinski definition) is 1. The average molecular weight is 330 g/mol. The van der Waals surface area contributed by atoms with Crippen LogP contribution < -0.4 is 10.1 Å². The van der Waals surface area contributed by atoms with Gasteiger partial charge in [-0.1, -0.05) is 18.2 Å². The highest BCUT2D eigenvalue weighted by Crippen LogP contribution is 2.35. The molecule has 1 N–H and O–H groups in total. The van der Waals surface area contributed by atoms with Gasteiger partial charge in [0.15, 0.2) is 6.61 Å². The lowest BCUT2D eigenvalue weighted by molar-refractivity contribution is -0.104. The second-order valence-corrected chi connectivity index (χ2v) is 4.89. The first-order valence-electron chi connectivity index (χ1n) is 6.38. The van der Waals surface area contributed by atoms with E-state index in [2.05, 4.69) is 10.1 Å². The van der Waals surface area contributed by atoms with Crippen molar-refractivity contribution < 1.29 is 23.0 Å². The summed E-state index contributed by atoms with van der Waals surface area (Å²) in [6, 6.07) is 8.92. The van der Waals surface area contributed by atoms with Crippen LogP contribution in [0.25, 0.3) is 10.8 Å². The molecule has 3 rings (SSSR count). The molecule has 1 amide bonds. The second-order valence-electron chi connectivity index (χ2n) is 4.89. The summed E-state index contributed by atoms with van der Waals surface area (Å²) in [7, 11) is 1.56. The summed E-state index contributed by atoms with van der Waals surface area (Å²) in [6.07, 6.45) is -0.833. The number of carbonyl (C=O) groups is 1. The minimum absolute atomic E-state index is 0. The van der Waals surface area contributed by atoms with E-state index < -0.39 is 24.7 Å². The fourth-order valence-electron chi connectivity index (χ4n) is 2.39. The maximum absolute atomic E-state index is 13.9. The Hall–Kier alpha value is -2.08. The Balaban J connectivity index is 0.00000176. The van der Waals surface area contributed by atoms with Crippen LogP contribution in [0.4, 0.5) is 13.6 Å². The molecule has 1 aliphatic heterocycles. The largest absolute Gasteiger partial charge is 0.497 e. The highest BCUT2D eigenvalue weighted by molar-refractivity contribution is 5.85. The van der Waals surface area contributed by atoms with Crippen LogP contribution in [0.15, 0.2) is 36.4 Å². The summed E-state index contributed by atoms with van der Waals surface area (Å²) in [5.74, 6) is -2.45. The van der Waals surface area contributed by atoms with E-state index >= 15 is 0 Å². The molecule has 0 aliphatic carbocycles. The fraction of sp³-hybridized carbons (Fsp3) is 0.267. The molecule has 0 saturated carbocycles. The number of methoxy groups -OCH3 is 1. The van der Waals surface area contributed by atoms with E-state index in [1.807, 2.05) is 6.07 Å². The molecule has 1 heterocycles. The molecule has 4 nitrogen and oxygen atoms in total. The molecular weight excluding hydrogens is 316 g/mol. The monoisotopic (exact) mass is 329 g/mol. The number of ether oxygens (including phenoxy) is 2. The van der Waals surface area contributed by atoms with Gasteiger partial charge in [-0.25, -0.2) is 13.6 Å². The lowest BCUT2D eigenvalue weighted by Gasteiger charge is -2.31. The zero-order chi connectivity index (χ0) is 15.0. The first-order valence-corrected chi connectivity index (χ1v) is 6.38. The summed E-state index contributed by atoms with van der Waals surface area (Å²) >= 11 is 0. The first kappa shape index (κ1) is 16.3. The molecule has 7 heteroatoms. The van der Waals surface area contributed by atoms with Crippen molar-refractivity contribution in [3.05, 3.63) is 42.0 Å². The lowest BCUT2D eigenvalue weighted by Crippen LogP contribution is -2.49. The third kappa shape index (κ3) is 2.92. The Kier molecular flexibility index (Phi) is 4.42. The third-order valence-corrected chi connectivity index (χ3v) is 3.49. The predicted octanol–water partition coefficient (Wildman–Crippen LogP) is 3.69. The number of carbonyl (C=O) groups excluding carboxylic acids is 1. The van der Waals surface area contributed by atoms with E-state index in [4.69, 9.17) is 4.74 Å². The van der Waals surface area contributed by atoms with Crippen molar-refractivity contribution in [3.63, 3.8) is 0 Å². The number of alkyl carbamates (subject to hydrolysis) is 1. The van der Waals surface area contributed by atoms with E-state index in [0.717, 1.165) is 10.8 Å². The molecule has 0 spiro atoms. The molecule has 1 aliphatic rings. The average Bonchev–Trinajstić information content (AvgIpc) is 2.48. The molecule has 1 saturated heterocycles. The van der Waals surface area contributed by atoms with Crippen LogP contribution in [0.5, 0.6) is 5.75 Å². The van der Waals surface area contributed by atoms with E-state index in [-0.39, 0.29) is 12.4 Å². The van der Waals surface area contributed by atoms with E-state index in [1.165, 1.54) is 0 Å². The van der Waals surface area contributed by atoms with Crippen LogP contribution in [0, 0.1) is 0 Å². The van der Waals surface area contributed by atoms with Crippen LogP contribution in [-0.2, 0) is 4.74 Å². The summed E-state index contributed by atoms with van der Waals surface area (Å²) < 4.78 is 37.2.